The molecule has 1 aromatic rings. The zero-order chi connectivity index (χ0) is 13.0. The molecule has 0 bridgehead atoms. The Morgan fingerprint density at radius 1 is 1.22 bits per heavy atom. The standard InChI is InChI=1S/C16H23BrO/c1-3-18-16-8-5-13(6-9-16)10-14-11-15(17)7-4-12(14)2/h4,7,11,13,16H,3,5-6,8-10H2,1-2H3. The SMILES string of the molecule is CCOC1CCC(Cc2cc(Br)ccc2C)CC1. The van der Waals surface area contributed by atoms with Crippen LogP contribution in [0.25, 0.3) is 0 Å². The van der Waals surface area contributed by atoms with Gasteiger partial charge in [0.25, 0.3) is 0 Å². The Bertz CT molecular complexity index is 381. The molecule has 0 aromatic heterocycles. The molecule has 18 heavy (non-hydrogen) atoms. The molecule has 0 unspecified atom stereocenters. The summed E-state index contributed by atoms with van der Waals surface area (Å²) in [6, 6.07) is 6.63. The van der Waals surface area contributed by atoms with Gasteiger partial charge >= 0.3 is 0 Å². The topological polar surface area (TPSA) is 9.23 Å². The highest BCUT2D eigenvalue weighted by Gasteiger charge is 2.21. The third kappa shape index (κ3) is 3.83. The van der Waals surface area contributed by atoms with Gasteiger partial charge in [-0.25, -0.2) is 0 Å². The van der Waals surface area contributed by atoms with Crippen LogP contribution in [0.15, 0.2) is 22.7 Å². The first-order valence-electron chi connectivity index (χ1n) is 7.05. The molecule has 2 heteroatoms. The molecule has 2 rings (SSSR count). The fourth-order valence-electron chi connectivity index (χ4n) is 2.91. The summed E-state index contributed by atoms with van der Waals surface area (Å²) in [5, 5.41) is 0. The van der Waals surface area contributed by atoms with Gasteiger partial charge in [-0.3, -0.25) is 0 Å². The van der Waals surface area contributed by atoms with E-state index in [-0.39, 0.29) is 0 Å². The summed E-state index contributed by atoms with van der Waals surface area (Å²) in [7, 11) is 0. The number of rotatable bonds is 4. The van der Waals surface area contributed by atoms with Crippen molar-refractivity contribution in [3.8, 4) is 0 Å². The average Bonchev–Trinajstić information content (AvgIpc) is 2.37. The lowest BCUT2D eigenvalue weighted by Crippen LogP contribution is -2.22. The first-order valence-corrected chi connectivity index (χ1v) is 7.85. The van der Waals surface area contributed by atoms with Crippen LogP contribution in [0.2, 0.25) is 0 Å². The van der Waals surface area contributed by atoms with Crippen LogP contribution in [0, 0.1) is 12.8 Å². The van der Waals surface area contributed by atoms with E-state index >= 15 is 0 Å². The van der Waals surface area contributed by atoms with Crippen LogP contribution >= 0.6 is 15.9 Å². The normalized spacial score (nSPS) is 24.2. The van der Waals surface area contributed by atoms with Crippen LogP contribution in [-0.4, -0.2) is 12.7 Å². The summed E-state index contributed by atoms with van der Waals surface area (Å²) in [6.07, 6.45) is 6.86. The van der Waals surface area contributed by atoms with Crippen LogP contribution in [-0.2, 0) is 11.2 Å². The van der Waals surface area contributed by atoms with Gasteiger partial charge in [-0.05, 0) is 75.1 Å². The molecule has 1 fully saturated rings. The minimum absolute atomic E-state index is 0.523. The van der Waals surface area contributed by atoms with Crippen LogP contribution in [0.4, 0.5) is 0 Å². The van der Waals surface area contributed by atoms with Crippen LogP contribution < -0.4 is 0 Å². The molecule has 1 aliphatic carbocycles. The van der Waals surface area contributed by atoms with E-state index in [0.717, 1.165) is 12.5 Å². The van der Waals surface area contributed by atoms with E-state index in [4.69, 9.17) is 4.74 Å². The van der Waals surface area contributed by atoms with Gasteiger partial charge in [-0.1, -0.05) is 22.0 Å². The first-order chi connectivity index (χ1) is 8.69. The van der Waals surface area contributed by atoms with E-state index in [1.54, 1.807) is 0 Å². The summed E-state index contributed by atoms with van der Waals surface area (Å²) < 4.78 is 6.92. The molecule has 0 saturated heterocycles. The van der Waals surface area contributed by atoms with Crippen LogP contribution in [0.5, 0.6) is 0 Å². The second-order valence-electron chi connectivity index (χ2n) is 5.37. The molecule has 0 amide bonds. The molecule has 0 atom stereocenters. The number of hydrogen-bond donors (Lipinski definition) is 0. The Hall–Kier alpha value is -0.340. The van der Waals surface area contributed by atoms with E-state index in [1.807, 2.05) is 0 Å². The highest BCUT2D eigenvalue weighted by Crippen LogP contribution is 2.30. The molecular formula is C16H23BrO. The van der Waals surface area contributed by atoms with E-state index in [9.17, 15) is 0 Å². The predicted octanol–water partition coefficient (Wildman–Crippen LogP) is 4.90. The molecule has 0 N–H and O–H groups in total. The molecule has 100 valence electrons. The third-order valence-electron chi connectivity index (χ3n) is 4.02. The third-order valence-corrected chi connectivity index (χ3v) is 4.51. The Morgan fingerprint density at radius 3 is 2.61 bits per heavy atom. The molecule has 1 saturated carbocycles. The number of aryl methyl sites for hydroxylation is 1. The number of benzene rings is 1. The zero-order valence-electron chi connectivity index (χ0n) is 11.4. The van der Waals surface area contributed by atoms with Crippen molar-refractivity contribution in [3.63, 3.8) is 0 Å². The second-order valence-corrected chi connectivity index (χ2v) is 6.29. The van der Waals surface area contributed by atoms with Crippen molar-refractivity contribution in [1.29, 1.82) is 0 Å². The quantitative estimate of drug-likeness (QED) is 0.769. The molecule has 1 aliphatic rings. The lowest BCUT2D eigenvalue weighted by Gasteiger charge is -2.28. The summed E-state index contributed by atoms with van der Waals surface area (Å²) in [4.78, 5) is 0. The van der Waals surface area contributed by atoms with Crippen molar-refractivity contribution < 1.29 is 4.74 Å². The van der Waals surface area contributed by atoms with Crippen molar-refractivity contribution in [2.75, 3.05) is 6.61 Å². The molecule has 0 radical (unpaired) electrons. The summed E-state index contributed by atoms with van der Waals surface area (Å²) in [6.45, 7) is 5.17. The maximum Gasteiger partial charge on any atom is 0.0575 e. The van der Waals surface area contributed by atoms with Gasteiger partial charge in [-0.2, -0.15) is 0 Å². The van der Waals surface area contributed by atoms with Gasteiger partial charge in [0.1, 0.15) is 0 Å². The van der Waals surface area contributed by atoms with Crippen molar-refractivity contribution in [1.82, 2.24) is 0 Å². The Kier molecular flexibility index (Phi) is 5.25. The highest BCUT2D eigenvalue weighted by molar-refractivity contribution is 9.10. The van der Waals surface area contributed by atoms with E-state index in [2.05, 4.69) is 48.0 Å². The van der Waals surface area contributed by atoms with E-state index in [1.165, 1.54) is 47.7 Å². The van der Waals surface area contributed by atoms with Gasteiger partial charge in [0.2, 0.25) is 0 Å². The molecular weight excluding hydrogens is 288 g/mol. The van der Waals surface area contributed by atoms with E-state index < -0.39 is 0 Å². The summed E-state index contributed by atoms with van der Waals surface area (Å²) in [5.74, 6) is 0.842. The van der Waals surface area contributed by atoms with Crippen molar-refractivity contribution in [2.45, 2.75) is 52.1 Å². The Labute approximate surface area is 119 Å². The fraction of sp³-hybridized carbons (Fsp3) is 0.625. The largest absolute Gasteiger partial charge is 0.379 e. The number of halogens is 1. The summed E-state index contributed by atoms with van der Waals surface area (Å²) in [5.41, 5.74) is 2.93. The molecule has 0 spiro atoms. The minimum Gasteiger partial charge on any atom is -0.379 e. The van der Waals surface area contributed by atoms with Crippen LogP contribution in [0.1, 0.15) is 43.7 Å². The molecule has 1 nitrogen and oxygen atoms in total. The van der Waals surface area contributed by atoms with Crippen molar-refractivity contribution >= 4 is 15.9 Å². The summed E-state index contributed by atoms with van der Waals surface area (Å²) >= 11 is 3.57. The average molecular weight is 311 g/mol. The van der Waals surface area contributed by atoms with Crippen LogP contribution in [0.3, 0.4) is 0 Å². The molecule has 0 aliphatic heterocycles. The smallest absolute Gasteiger partial charge is 0.0575 e. The lowest BCUT2D eigenvalue weighted by molar-refractivity contribution is 0.0257. The Morgan fingerprint density at radius 2 is 1.94 bits per heavy atom. The maximum absolute atomic E-state index is 5.72. The van der Waals surface area contributed by atoms with Gasteiger partial charge in [-0.15, -0.1) is 0 Å². The minimum atomic E-state index is 0.523. The van der Waals surface area contributed by atoms with Gasteiger partial charge < -0.3 is 4.74 Å². The maximum atomic E-state index is 5.72. The van der Waals surface area contributed by atoms with Crippen molar-refractivity contribution in [2.24, 2.45) is 5.92 Å². The van der Waals surface area contributed by atoms with Gasteiger partial charge in [0.05, 0.1) is 6.10 Å². The second kappa shape index (κ2) is 6.72. The van der Waals surface area contributed by atoms with Crippen molar-refractivity contribution in [3.05, 3.63) is 33.8 Å². The molecule has 1 aromatic carbocycles. The number of ether oxygens (including phenoxy) is 1. The Balaban J connectivity index is 1.89. The molecule has 0 heterocycles. The zero-order valence-corrected chi connectivity index (χ0v) is 13.0. The van der Waals surface area contributed by atoms with Gasteiger partial charge in [0, 0.05) is 11.1 Å². The van der Waals surface area contributed by atoms with E-state index in [0.29, 0.717) is 6.10 Å². The predicted molar refractivity (Wildman–Crippen MR) is 80.0 cm³/mol. The highest BCUT2D eigenvalue weighted by atomic mass is 79.9. The first kappa shape index (κ1) is 14.1. The van der Waals surface area contributed by atoms with Gasteiger partial charge in [0.15, 0.2) is 0 Å². The number of hydrogen-bond acceptors (Lipinski definition) is 1. The monoisotopic (exact) mass is 310 g/mol. The fourth-order valence-corrected chi connectivity index (χ4v) is 3.32. The lowest BCUT2D eigenvalue weighted by atomic mass is 9.82.